The summed E-state index contributed by atoms with van der Waals surface area (Å²) in [4.78, 5) is 41.5. The molecule has 1 aromatic carbocycles. The molecule has 3 atom stereocenters. The molecule has 0 spiro atoms. The van der Waals surface area contributed by atoms with Crippen molar-refractivity contribution < 1.29 is 28.6 Å². The third kappa shape index (κ3) is 12.2. The Hall–Kier alpha value is -2.52. The van der Waals surface area contributed by atoms with Gasteiger partial charge < -0.3 is 29.3 Å². The highest BCUT2D eigenvalue weighted by atomic mass is 35.5. The number of likely N-dealkylation sites (tertiary alicyclic amines) is 1. The highest BCUT2D eigenvalue weighted by Crippen LogP contribution is 2.34. The van der Waals surface area contributed by atoms with Crippen molar-refractivity contribution in [3.05, 3.63) is 34.9 Å². The van der Waals surface area contributed by atoms with Gasteiger partial charge in [-0.1, -0.05) is 55.8 Å². The van der Waals surface area contributed by atoms with Crippen LogP contribution in [0.3, 0.4) is 0 Å². The number of halogens is 1. The minimum atomic E-state index is -0.586. The normalized spacial score (nSPS) is 19.3. The summed E-state index contributed by atoms with van der Waals surface area (Å²) in [6, 6.07) is 7.37. The average molecular weight is 622 g/mol. The zero-order chi connectivity index (χ0) is 31.4. The van der Waals surface area contributed by atoms with Gasteiger partial charge in [0, 0.05) is 56.7 Å². The Balaban J connectivity index is 1.68. The molecular formula is C33H52ClN3O6. The Morgan fingerprint density at radius 3 is 2.53 bits per heavy atom. The van der Waals surface area contributed by atoms with Gasteiger partial charge in [-0.15, -0.1) is 0 Å². The van der Waals surface area contributed by atoms with Crippen LogP contribution in [-0.2, 0) is 19.0 Å². The molecule has 10 heteroatoms. The van der Waals surface area contributed by atoms with Gasteiger partial charge in [0.15, 0.2) is 0 Å². The molecule has 3 rings (SSSR count). The van der Waals surface area contributed by atoms with E-state index in [2.05, 4.69) is 5.32 Å². The zero-order valence-corrected chi connectivity index (χ0v) is 27.5. The van der Waals surface area contributed by atoms with E-state index in [1.54, 1.807) is 11.9 Å². The number of esters is 1. The first-order chi connectivity index (χ1) is 20.4. The van der Waals surface area contributed by atoms with E-state index < -0.39 is 5.60 Å². The second-order valence-corrected chi connectivity index (χ2v) is 13.6. The molecule has 1 saturated carbocycles. The van der Waals surface area contributed by atoms with Crippen LogP contribution >= 0.6 is 11.6 Å². The number of nitrogens with zero attached hydrogens (tertiary/aromatic N) is 2. The van der Waals surface area contributed by atoms with Crippen LogP contribution in [0.5, 0.6) is 0 Å². The number of hydrogen-bond acceptors (Lipinski definition) is 6. The smallest absolute Gasteiger partial charge is 0.410 e. The van der Waals surface area contributed by atoms with Gasteiger partial charge in [0.1, 0.15) is 5.60 Å². The maximum atomic E-state index is 13.7. The van der Waals surface area contributed by atoms with E-state index in [0.717, 1.165) is 37.7 Å². The van der Waals surface area contributed by atoms with Gasteiger partial charge >= 0.3 is 18.1 Å². The summed E-state index contributed by atoms with van der Waals surface area (Å²) in [5.74, 6) is 0.339. The van der Waals surface area contributed by atoms with Crippen molar-refractivity contribution in [1.82, 2.24) is 15.1 Å². The predicted octanol–water partition coefficient (Wildman–Crippen LogP) is 6.98. The van der Waals surface area contributed by atoms with Crippen molar-refractivity contribution in [3.63, 3.8) is 0 Å². The summed E-state index contributed by atoms with van der Waals surface area (Å²) in [7, 11) is 3.12. The molecule has 2 aliphatic rings. The first-order valence-corrected chi connectivity index (χ1v) is 16.3. The lowest BCUT2D eigenvalue weighted by molar-refractivity contribution is -0.141. The van der Waals surface area contributed by atoms with E-state index in [1.165, 1.54) is 26.4 Å². The fraction of sp³-hybridized carbons (Fsp3) is 0.727. The number of methoxy groups -OCH3 is 1. The topological polar surface area (TPSA) is 97.4 Å². The molecule has 2 fully saturated rings. The Morgan fingerprint density at radius 2 is 1.86 bits per heavy atom. The van der Waals surface area contributed by atoms with Crippen molar-refractivity contribution in [3.8, 4) is 0 Å². The lowest BCUT2D eigenvalue weighted by Gasteiger charge is -2.38. The number of ether oxygens (including phenoxy) is 3. The van der Waals surface area contributed by atoms with Gasteiger partial charge in [0.2, 0.25) is 0 Å². The molecule has 1 aliphatic heterocycles. The number of nitrogens with one attached hydrogen (secondary N) is 1. The van der Waals surface area contributed by atoms with Gasteiger partial charge in [-0.25, -0.2) is 9.59 Å². The van der Waals surface area contributed by atoms with Crippen LogP contribution in [0.2, 0.25) is 5.02 Å². The largest absolute Gasteiger partial charge is 0.469 e. The number of benzene rings is 1. The molecule has 1 heterocycles. The molecule has 1 aliphatic carbocycles. The van der Waals surface area contributed by atoms with Crippen molar-refractivity contribution >= 4 is 29.7 Å². The van der Waals surface area contributed by atoms with E-state index in [4.69, 9.17) is 25.8 Å². The zero-order valence-electron chi connectivity index (χ0n) is 26.7. The molecule has 0 aromatic heterocycles. The number of urea groups is 1. The molecule has 0 radical (unpaired) electrons. The van der Waals surface area contributed by atoms with E-state index in [1.807, 2.05) is 49.9 Å². The van der Waals surface area contributed by atoms with Gasteiger partial charge in [-0.2, -0.15) is 0 Å². The Kier molecular flexibility index (Phi) is 13.9. The lowest BCUT2D eigenvalue weighted by Crippen LogP contribution is -2.53. The highest BCUT2D eigenvalue weighted by molar-refractivity contribution is 6.30. The molecule has 0 bridgehead atoms. The van der Waals surface area contributed by atoms with Crippen LogP contribution in [0, 0.1) is 11.8 Å². The summed E-state index contributed by atoms with van der Waals surface area (Å²) in [6.45, 7) is 7.55. The molecule has 1 unspecified atom stereocenters. The number of piperidine rings is 1. The number of carbonyl (C=O) groups excluding carboxylic acids is 3. The van der Waals surface area contributed by atoms with Crippen LogP contribution < -0.4 is 5.32 Å². The number of likely N-dealkylation sites (N-methyl/N-ethyl adjacent to an activating group) is 1. The number of amides is 3. The lowest BCUT2D eigenvalue weighted by atomic mass is 9.84. The minimum absolute atomic E-state index is 0.0670. The highest BCUT2D eigenvalue weighted by Gasteiger charge is 2.33. The van der Waals surface area contributed by atoms with Crippen molar-refractivity contribution in [2.24, 2.45) is 11.8 Å². The van der Waals surface area contributed by atoms with Crippen molar-refractivity contribution in [2.45, 2.75) is 103 Å². The van der Waals surface area contributed by atoms with Crippen molar-refractivity contribution in [1.29, 1.82) is 0 Å². The predicted molar refractivity (Wildman–Crippen MR) is 168 cm³/mol. The second-order valence-electron chi connectivity index (χ2n) is 13.1. The minimum Gasteiger partial charge on any atom is -0.469 e. The average Bonchev–Trinajstić information content (AvgIpc) is 2.96. The second kappa shape index (κ2) is 17.1. The summed E-state index contributed by atoms with van der Waals surface area (Å²) in [5, 5.41) is 3.92. The number of hydrogen-bond donors (Lipinski definition) is 1. The maximum absolute atomic E-state index is 13.7. The summed E-state index contributed by atoms with van der Waals surface area (Å²) < 4.78 is 16.7. The Bertz CT molecular complexity index is 1040. The van der Waals surface area contributed by atoms with Crippen molar-refractivity contribution in [2.75, 3.05) is 40.4 Å². The number of carbonyl (C=O) groups is 3. The summed E-state index contributed by atoms with van der Waals surface area (Å²) in [6.07, 6.45) is 8.79. The quantitative estimate of drug-likeness (QED) is 0.200. The summed E-state index contributed by atoms with van der Waals surface area (Å²) >= 11 is 6.34. The molecule has 3 amide bonds. The molecule has 242 valence electrons. The first kappa shape index (κ1) is 35.0. The molecule has 9 nitrogen and oxygen atoms in total. The maximum Gasteiger partial charge on any atom is 0.410 e. The van der Waals surface area contributed by atoms with Gasteiger partial charge in [-0.05, 0) is 70.1 Å². The molecule has 43 heavy (non-hydrogen) atoms. The van der Waals surface area contributed by atoms with Crippen LogP contribution in [-0.4, -0.2) is 79.9 Å². The van der Waals surface area contributed by atoms with E-state index in [0.29, 0.717) is 43.6 Å². The van der Waals surface area contributed by atoms with E-state index in [-0.39, 0.29) is 42.6 Å². The fourth-order valence-electron chi connectivity index (χ4n) is 6.17. The first-order valence-electron chi connectivity index (χ1n) is 15.9. The van der Waals surface area contributed by atoms with Gasteiger partial charge in [0.25, 0.3) is 0 Å². The molecule has 1 saturated heterocycles. The molecule has 1 aromatic rings. The van der Waals surface area contributed by atoms with E-state index >= 15 is 0 Å². The fourth-order valence-corrected chi connectivity index (χ4v) is 6.37. The monoisotopic (exact) mass is 621 g/mol. The van der Waals surface area contributed by atoms with Crippen LogP contribution in [0.25, 0.3) is 0 Å². The SMILES string of the molecule is COC(=O)CCCOC(c1cccc(Cl)c1)[C@@H]1CCCN(C(=O)N[C@@H](CC2CCCCC2)CN(C)C(=O)OC(C)(C)C)C1. The summed E-state index contributed by atoms with van der Waals surface area (Å²) in [5.41, 5.74) is 0.379. The van der Waals surface area contributed by atoms with Crippen LogP contribution in [0.1, 0.15) is 96.6 Å². The number of rotatable bonds is 12. The van der Waals surface area contributed by atoms with Gasteiger partial charge in [0.05, 0.1) is 13.2 Å². The van der Waals surface area contributed by atoms with Crippen LogP contribution in [0.15, 0.2) is 24.3 Å². The Labute approximate surface area is 262 Å². The Morgan fingerprint density at radius 1 is 1.12 bits per heavy atom. The molecular weight excluding hydrogens is 570 g/mol. The third-order valence-corrected chi connectivity index (χ3v) is 8.51. The third-order valence-electron chi connectivity index (χ3n) is 8.27. The molecule has 1 N–H and O–H groups in total. The standard InChI is InChI=1S/C33H52ClN3O6/c1-33(2,3)43-32(40)36(4)23-28(20-24-12-7-6-8-13-24)35-31(39)37-18-10-15-26(22-37)30(25-14-9-16-27(34)21-25)42-19-11-17-29(38)41-5/h9,14,16,21,24,26,28,30H,6-8,10-13,15,17-20,22-23H2,1-5H3,(H,35,39)/t26-,28+,30?/m1/s1. The van der Waals surface area contributed by atoms with E-state index in [9.17, 15) is 14.4 Å². The van der Waals surface area contributed by atoms with Crippen LogP contribution in [0.4, 0.5) is 9.59 Å². The van der Waals surface area contributed by atoms with Gasteiger partial charge in [-0.3, -0.25) is 4.79 Å².